The first-order valence-electron chi connectivity index (χ1n) is 6.57. The van der Waals surface area contributed by atoms with Crippen molar-refractivity contribution in [2.75, 3.05) is 0 Å². The van der Waals surface area contributed by atoms with E-state index in [4.69, 9.17) is 0 Å². The molecule has 1 atom stereocenters. The summed E-state index contributed by atoms with van der Waals surface area (Å²) in [7, 11) is 0. The lowest BCUT2D eigenvalue weighted by Crippen LogP contribution is -2.74. The van der Waals surface area contributed by atoms with Crippen molar-refractivity contribution in [2.24, 2.45) is 0 Å². The second-order valence-corrected chi connectivity index (χ2v) is 5.46. The molecule has 0 saturated heterocycles. The maximum Gasteiger partial charge on any atom is 0.425 e. The first-order valence-corrected chi connectivity index (χ1v) is 6.57. The number of rotatable bonds is 8. The van der Waals surface area contributed by atoms with Gasteiger partial charge in [-0.15, -0.1) is 0 Å². The van der Waals surface area contributed by atoms with Crippen LogP contribution in [-0.2, 0) is 0 Å². The van der Waals surface area contributed by atoms with E-state index in [0.717, 1.165) is 0 Å². The highest BCUT2D eigenvalue weighted by molar-refractivity contribution is 5.15. The molecule has 0 aromatic heterocycles. The predicted octanol–water partition coefficient (Wildman–Crippen LogP) is 6.74. The molecule has 0 spiro atoms. The fraction of sp³-hybridized carbons (Fsp3) is 1.00. The Hall–Kier alpha value is -1.26. The number of hydrogen-bond acceptors (Lipinski definition) is 0. The summed E-state index contributed by atoms with van der Waals surface area (Å²) in [4.78, 5) is 0. The second-order valence-electron chi connectivity index (χ2n) is 5.46. The molecule has 0 aromatic rings. The van der Waals surface area contributed by atoms with Crippen molar-refractivity contribution in [3.8, 4) is 0 Å². The average Bonchev–Trinajstić information content (AvgIpc) is 2.51. The summed E-state index contributed by atoms with van der Waals surface area (Å²) in [5.41, 5.74) is 0. The minimum Gasteiger partial charge on any atom is -0.230 e. The molecule has 1 unspecified atom stereocenters. The molecule has 0 aromatic carbocycles. The Morgan fingerprint density at radius 1 is 0.483 bits per heavy atom. The zero-order valence-corrected chi connectivity index (χ0v) is 13.1. The normalized spacial score (nSPS) is 17.5. The molecule has 0 saturated carbocycles. The Bertz CT molecular complexity index is 583. The Labute approximate surface area is 147 Å². The quantitative estimate of drug-likeness (QED) is 0.338. The van der Waals surface area contributed by atoms with Crippen molar-refractivity contribution >= 4 is 0 Å². The van der Waals surface area contributed by atoms with Gasteiger partial charge in [0, 0.05) is 6.42 Å². The van der Waals surface area contributed by atoms with Gasteiger partial charge in [0.05, 0.1) is 0 Å². The first-order chi connectivity index (χ1) is 12.2. The van der Waals surface area contributed by atoms with E-state index in [0.29, 0.717) is 0 Å². The smallest absolute Gasteiger partial charge is 0.230 e. The fourth-order valence-electron chi connectivity index (χ4n) is 1.62. The van der Waals surface area contributed by atoms with Gasteiger partial charge in [0.2, 0.25) is 0 Å². The van der Waals surface area contributed by atoms with Crippen LogP contribution in [0.1, 0.15) is 13.3 Å². The second kappa shape index (κ2) is 6.88. The standard InChI is InChI=1S/C11H6F18/c1-2-4(13,14)7(20,21)9(24,25)11(28,29)10(26,27)8(22,23)5(15,16)3(12)6(17,18)19/h3H,2H2,1H3. The van der Waals surface area contributed by atoms with Gasteiger partial charge in [0.25, 0.3) is 6.17 Å². The van der Waals surface area contributed by atoms with Gasteiger partial charge in [0.1, 0.15) is 0 Å². The predicted molar refractivity (Wildman–Crippen MR) is 55.9 cm³/mol. The van der Waals surface area contributed by atoms with Crippen LogP contribution >= 0.6 is 0 Å². The topological polar surface area (TPSA) is 0 Å². The molecule has 0 N–H and O–H groups in total. The highest BCUT2D eigenvalue weighted by Gasteiger charge is 2.93. The fourth-order valence-corrected chi connectivity index (χ4v) is 1.62. The lowest BCUT2D eigenvalue weighted by Gasteiger charge is -2.43. The van der Waals surface area contributed by atoms with E-state index in [1.54, 1.807) is 0 Å². The maximum atomic E-state index is 13.2. The van der Waals surface area contributed by atoms with Crippen molar-refractivity contribution in [3.63, 3.8) is 0 Å². The monoisotopic (exact) mass is 480 g/mol. The molecule has 29 heavy (non-hydrogen) atoms. The highest BCUT2D eigenvalue weighted by atomic mass is 19.4. The molecule has 0 amide bonds. The Balaban J connectivity index is 6.68. The largest absolute Gasteiger partial charge is 0.425 e. The molecule has 0 aliphatic rings. The summed E-state index contributed by atoms with van der Waals surface area (Å²) < 4.78 is 230. The molecule has 0 rings (SSSR count). The summed E-state index contributed by atoms with van der Waals surface area (Å²) in [6, 6.07) is 0. The molecule has 0 bridgehead atoms. The minimum absolute atomic E-state index is 0.0833. The van der Waals surface area contributed by atoms with Gasteiger partial charge in [-0.05, 0) is 0 Å². The summed E-state index contributed by atoms with van der Waals surface area (Å²) in [6.45, 7) is -0.0833. The van der Waals surface area contributed by atoms with E-state index < -0.39 is 60.2 Å². The van der Waals surface area contributed by atoms with Crippen molar-refractivity contribution in [1.29, 1.82) is 0 Å². The van der Waals surface area contributed by atoms with E-state index in [2.05, 4.69) is 0 Å². The minimum atomic E-state index is -8.59. The third-order valence-corrected chi connectivity index (χ3v) is 3.51. The molecular formula is C11H6F18. The van der Waals surface area contributed by atoms with Crippen LogP contribution in [0.15, 0.2) is 0 Å². The van der Waals surface area contributed by atoms with Gasteiger partial charge in [-0.3, -0.25) is 0 Å². The van der Waals surface area contributed by atoms with Gasteiger partial charge in [0.15, 0.2) is 0 Å². The van der Waals surface area contributed by atoms with Gasteiger partial charge < -0.3 is 0 Å². The molecule has 176 valence electrons. The van der Waals surface area contributed by atoms with E-state index >= 15 is 0 Å². The molecular weight excluding hydrogens is 474 g/mol. The molecule has 0 heterocycles. The highest BCUT2D eigenvalue weighted by Crippen LogP contribution is 2.63. The Kier molecular flexibility index (Phi) is 6.58. The van der Waals surface area contributed by atoms with Crippen LogP contribution in [0.5, 0.6) is 0 Å². The zero-order valence-electron chi connectivity index (χ0n) is 13.1. The molecule has 0 fully saturated rings. The van der Waals surface area contributed by atoms with Crippen LogP contribution < -0.4 is 0 Å². The van der Waals surface area contributed by atoms with Crippen LogP contribution in [-0.4, -0.2) is 53.8 Å². The van der Waals surface area contributed by atoms with Crippen LogP contribution in [0.2, 0.25) is 0 Å². The van der Waals surface area contributed by atoms with Gasteiger partial charge in [-0.2, -0.15) is 74.6 Å². The van der Waals surface area contributed by atoms with Crippen LogP contribution in [0.25, 0.3) is 0 Å². The van der Waals surface area contributed by atoms with Crippen molar-refractivity contribution in [2.45, 2.75) is 67.2 Å². The number of alkyl halides is 18. The number of hydrogen-bond donors (Lipinski definition) is 0. The molecule has 0 nitrogen and oxygen atoms in total. The molecule has 0 aliphatic carbocycles. The van der Waals surface area contributed by atoms with Crippen LogP contribution in [0.3, 0.4) is 0 Å². The molecule has 0 radical (unpaired) electrons. The summed E-state index contributed by atoms with van der Waals surface area (Å²) >= 11 is 0. The van der Waals surface area contributed by atoms with Crippen LogP contribution in [0.4, 0.5) is 79.0 Å². The maximum absolute atomic E-state index is 13.2. The molecule has 18 heteroatoms. The third kappa shape index (κ3) is 3.57. The lowest BCUT2D eigenvalue weighted by atomic mass is 9.87. The van der Waals surface area contributed by atoms with E-state index in [9.17, 15) is 79.0 Å². The first kappa shape index (κ1) is 27.7. The van der Waals surface area contributed by atoms with Gasteiger partial charge in [-0.1, -0.05) is 6.92 Å². The third-order valence-electron chi connectivity index (χ3n) is 3.51. The summed E-state index contributed by atoms with van der Waals surface area (Å²) in [5.74, 6) is -55.6. The van der Waals surface area contributed by atoms with E-state index in [1.165, 1.54) is 0 Å². The lowest BCUT2D eigenvalue weighted by molar-refractivity contribution is -0.449. The van der Waals surface area contributed by atoms with E-state index in [-0.39, 0.29) is 6.92 Å². The van der Waals surface area contributed by atoms with Gasteiger partial charge >= 0.3 is 47.6 Å². The summed E-state index contributed by atoms with van der Waals surface area (Å²) in [6.07, 6.45) is -16.0. The van der Waals surface area contributed by atoms with Crippen molar-refractivity contribution in [3.05, 3.63) is 0 Å². The Morgan fingerprint density at radius 2 is 0.759 bits per heavy atom. The number of halogens is 18. The van der Waals surface area contributed by atoms with Crippen LogP contribution in [0, 0.1) is 0 Å². The van der Waals surface area contributed by atoms with Crippen molar-refractivity contribution < 1.29 is 79.0 Å². The SMILES string of the molecule is CCC(F)(F)C(F)(F)C(F)(F)C(F)(F)C(F)(F)C(F)(F)C(F)(F)C(F)C(F)(F)F. The zero-order chi connectivity index (χ0) is 24.3. The Morgan fingerprint density at radius 3 is 1.03 bits per heavy atom. The average molecular weight is 480 g/mol. The van der Waals surface area contributed by atoms with Gasteiger partial charge in [-0.25, -0.2) is 4.39 Å². The molecule has 0 aliphatic heterocycles. The van der Waals surface area contributed by atoms with E-state index in [1.807, 2.05) is 0 Å². The summed E-state index contributed by atoms with van der Waals surface area (Å²) in [5, 5.41) is 0. The van der Waals surface area contributed by atoms with Crippen molar-refractivity contribution in [1.82, 2.24) is 0 Å².